The van der Waals surface area contributed by atoms with E-state index in [9.17, 15) is 13.2 Å². The van der Waals surface area contributed by atoms with Gasteiger partial charge < -0.3 is 0 Å². The van der Waals surface area contributed by atoms with Crippen LogP contribution < -0.4 is 0 Å². The van der Waals surface area contributed by atoms with Gasteiger partial charge in [-0.3, -0.25) is 4.98 Å². The zero-order valence-electron chi connectivity index (χ0n) is 13.9. The fraction of sp³-hybridized carbons (Fsp3) is 0.500. The van der Waals surface area contributed by atoms with Crippen LogP contribution in [0.5, 0.6) is 0 Å². The molecule has 0 aliphatic rings. The normalized spacial score (nSPS) is 13.3. The minimum atomic E-state index is -4.26. The van der Waals surface area contributed by atoms with E-state index in [-0.39, 0.29) is 10.8 Å². The molecule has 0 bridgehead atoms. The molecule has 0 aromatic carbocycles. The fourth-order valence-corrected chi connectivity index (χ4v) is 3.49. The summed E-state index contributed by atoms with van der Waals surface area (Å²) in [6.07, 6.45) is 1.03. The van der Waals surface area contributed by atoms with E-state index >= 15 is 0 Å². The average Bonchev–Trinajstić information content (AvgIpc) is 2.97. The van der Waals surface area contributed by atoms with Crippen molar-refractivity contribution in [2.75, 3.05) is 0 Å². The van der Waals surface area contributed by atoms with Crippen LogP contribution in [0.4, 0.5) is 13.2 Å². The molecule has 23 heavy (non-hydrogen) atoms. The summed E-state index contributed by atoms with van der Waals surface area (Å²) in [4.78, 5) is 3.64. The molecule has 0 spiro atoms. The maximum absolute atomic E-state index is 12.8. The highest BCUT2D eigenvalue weighted by Crippen LogP contribution is 2.40. The van der Waals surface area contributed by atoms with Crippen LogP contribution in [-0.4, -0.2) is 4.98 Å². The first-order valence-electron chi connectivity index (χ1n) is 7.59. The largest absolute Gasteiger partial charge is 0.425 e. The van der Waals surface area contributed by atoms with Crippen molar-refractivity contribution in [2.24, 2.45) is 0 Å². The van der Waals surface area contributed by atoms with Crippen LogP contribution in [0, 0.1) is 0 Å². The maximum atomic E-state index is 12.8. The van der Waals surface area contributed by atoms with Crippen LogP contribution >= 0.6 is 11.3 Å². The average molecular weight is 341 g/mol. The highest BCUT2D eigenvalue weighted by atomic mass is 32.1. The molecule has 0 fully saturated rings. The van der Waals surface area contributed by atoms with Crippen molar-refractivity contribution in [3.05, 3.63) is 52.0 Å². The van der Waals surface area contributed by atoms with Gasteiger partial charge in [0.05, 0.1) is 0 Å². The van der Waals surface area contributed by atoms with E-state index in [0.29, 0.717) is 0 Å². The van der Waals surface area contributed by atoms with Crippen molar-refractivity contribution in [3.8, 4) is 0 Å². The second-order valence-electron chi connectivity index (χ2n) is 7.21. The predicted molar refractivity (Wildman–Crippen MR) is 88.8 cm³/mol. The molecule has 0 saturated carbocycles. The lowest BCUT2D eigenvalue weighted by atomic mass is 9.73. The highest BCUT2D eigenvalue weighted by molar-refractivity contribution is 7.10. The highest BCUT2D eigenvalue weighted by Gasteiger charge is 2.35. The van der Waals surface area contributed by atoms with Crippen molar-refractivity contribution in [1.82, 2.24) is 4.98 Å². The van der Waals surface area contributed by atoms with Crippen LogP contribution in [0.2, 0.25) is 0 Å². The molecule has 2 heterocycles. The summed E-state index contributed by atoms with van der Waals surface area (Å²) in [5, 5.41) is 1.64. The lowest BCUT2D eigenvalue weighted by Crippen LogP contribution is -2.24. The number of hydrogen-bond donors (Lipinski definition) is 0. The lowest BCUT2D eigenvalue weighted by Gasteiger charge is -2.31. The summed E-state index contributed by atoms with van der Waals surface area (Å²) in [7, 11) is 0. The molecule has 1 nitrogen and oxygen atoms in total. The van der Waals surface area contributed by atoms with Gasteiger partial charge in [-0.25, -0.2) is 0 Å². The Bertz CT molecular complexity index is 642. The van der Waals surface area contributed by atoms with E-state index in [1.807, 2.05) is 32.2 Å². The van der Waals surface area contributed by atoms with Gasteiger partial charge in [0.2, 0.25) is 0 Å². The van der Waals surface area contributed by atoms with Crippen LogP contribution in [0.25, 0.3) is 0 Å². The molecule has 0 atom stereocenters. The smallest absolute Gasteiger partial charge is 0.264 e. The molecule has 0 N–H and O–H groups in total. The predicted octanol–water partition coefficient (Wildman–Crippen LogP) is 6.20. The van der Waals surface area contributed by atoms with Gasteiger partial charge in [0, 0.05) is 12.4 Å². The molecular formula is C18H22F3NS. The minimum absolute atomic E-state index is 0.0611. The third-order valence-electron chi connectivity index (χ3n) is 4.48. The number of halogens is 3. The maximum Gasteiger partial charge on any atom is 0.425 e. The van der Waals surface area contributed by atoms with Crippen LogP contribution in [-0.2, 0) is 17.0 Å². The number of aromatic nitrogens is 1. The summed E-state index contributed by atoms with van der Waals surface area (Å²) < 4.78 is 38.4. The Kier molecular flexibility index (Phi) is 4.90. The molecule has 0 aliphatic heterocycles. The molecule has 2 aromatic heterocycles. The Morgan fingerprint density at radius 3 is 2.09 bits per heavy atom. The third-order valence-corrected chi connectivity index (χ3v) is 5.45. The first-order chi connectivity index (χ1) is 10.5. The zero-order valence-corrected chi connectivity index (χ0v) is 14.7. The van der Waals surface area contributed by atoms with Crippen molar-refractivity contribution >= 4 is 11.3 Å². The molecule has 0 radical (unpaired) electrons. The van der Waals surface area contributed by atoms with Gasteiger partial charge in [0.1, 0.15) is 4.88 Å². The summed E-state index contributed by atoms with van der Waals surface area (Å²) in [6, 6.07) is 5.25. The van der Waals surface area contributed by atoms with Crippen molar-refractivity contribution in [1.29, 1.82) is 0 Å². The van der Waals surface area contributed by atoms with E-state index < -0.39 is 11.1 Å². The molecule has 5 heteroatoms. The van der Waals surface area contributed by atoms with Crippen molar-refractivity contribution in [3.63, 3.8) is 0 Å². The van der Waals surface area contributed by atoms with Crippen LogP contribution in [0.1, 0.15) is 56.5 Å². The molecular weight excluding hydrogens is 319 g/mol. The Hall–Kier alpha value is -1.36. The number of rotatable bonds is 5. The third kappa shape index (κ3) is 4.34. The van der Waals surface area contributed by atoms with Crippen LogP contribution in [0.3, 0.4) is 0 Å². The summed E-state index contributed by atoms with van der Waals surface area (Å²) >= 11 is 0.778. The summed E-state index contributed by atoms with van der Waals surface area (Å²) in [5.74, 6) is 0. The van der Waals surface area contributed by atoms with E-state index in [4.69, 9.17) is 0 Å². The molecule has 126 valence electrons. The van der Waals surface area contributed by atoms with E-state index in [2.05, 4.69) is 18.8 Å². The topological polar surface area (TPSA) is 12.9 Å². The van der Waals surface area contributed by atoms with Gasteiger partial charge in [-0.15, -0.1) is 11.3 Å². The second-order valence-corrected chi connectivity index (χ2v) is 8.12. The van der Waals surface area contributed by atoms with Crippen LogP contribution in [0.15, 0.2) is 36.0 Å². The monoisotopic (exact) mass is 341 g/mol. The molecule has 2 aromatic rings. The number of thiophene rings is 1. The summed E-state index contributed by atoms with van der Waals surface area (Å²) in [6.45, 7) is 8.31. The Labute approximate surface area is 139 Å². The van der Waals surface area contributed by atoms with E-state index in [1.54, 1.807) is 11.6 Å². The van der Waals surface area contributed by atoms with Gasteiger partial charge in [-0.1, -0.05) is 33.8 Å². The quantitative estimate of drug-likeness (QED) is 0.631. The Balaban J connectivity index is 2.11. The first-order valence-corrected chi connectivity index (χ1v) is 8.47. The van der Waals surface area contributed by atoms with Gasteiger partial charge in [0.25, 0.3) is 0 Å². The first kappa shape index (κ1) is 18.0. The van der Waals surface area contributed by atoms with E-state index in [1.165, 1.54) is 6.07 Å². The Morgan fingerprint density at radius 1 is 1.00 bits per heavy atom. The number of pyridine rings is 1. The van der Waals surface area contributed by atoms with Gasteiger partial charge in [0.15, 0.2) is 0 Å². The molecule has 0 amide bonds. The molecule has 0 saturated heterocycles. The molecule has 0 unspecified atom stereocenters. The van der Waals surface area contributed by atoms with Gasteiger partial charge in [-0.05, 0) is 52.3 Å². The fourth-order valence-electron chi connectivity index (χ4n) is 2.52. The Morgan fingerprint density at radius 2 is 1.61 bits per heavy atom. The lowest BCUT2D eigenvalue weighted by molar-refractivity contribution is -0.134. The molecule has 0 aliphatic carbocycles. The summed E-state index contributed by atoms with van der Waals surface area (Å²) in [5.41, 5.74) is 1.56. The van der Waals surface area contributed by atoms with Gasteiger partial charge in [-0.2, -0.15) is 13.2 Å². The molecule has 2 rings (SSSR count). The van der Waals surface area contributed by atoms with Gasteiger partial charge >= 0.3 is 6.18 Å². The standard InChI is InChI=1S/C18H22F3NS/c1-16(2,13-6-5-9-22-11-13)7-8-17(3,4)14-10-15(23-12-14)18(19,20)21/h5-6,9-12H,7-8H2,1-4H3. The number of nitrogens with zero attached hydrogens (tertiary/aromatic N) is 1. The van der Waals surface area contributed by atoms with E-state index in [0.717, 1.165) is 35.3 Å². The van der Waals surface area contributed by atoms with Crippen molar-refractivity contribution < 1.29 is 13.2 Å². The number of alkyl halides is 3. The zero-order chi connectivity index (χ0) is 17.3. The SMILES string of the molecule is CC(C)(CCC(C)(C)c1csc(C(F)(F)F)c1)c1cccnc1. The second kappa shape index (κ2) is 6.27. The van der Waals surface area contributed by atoms with Crippen molar-refractivity contribution in [2.45, 2.75) is 57.5 Å². The minimum Gasteiger partial charge on any atom is -0.264 e. The number of hydrogen-bond acceptors (Lipinski definition) is 2.